The Morgan fingerprint density at radius 3 is 2.75 bits per heavy atom. The fourth-order valence-electron chi connectivity index (χ4n) is 1.76. The third-order valence-electron chi connectivity index (χ3n) is 2.74. The smallest absolute Gasteiger partial charge is 0.372 e. The quantitative estimate of drug-likeness (QED) is 0.780. The minimum atomic E-state index is -1.01. The van der Waals surface area contributed by atoms with E-state index in [1.54, 1.807) is 6.07 Å². The molecule has 90 valence electrons. The Morgan fingerprint density at radius 2 is 2.25 bits per heavy atom. The molecule has 2 N–H and O–H groups in total. The zero-order valence-electron chi connectivity index (χ0n) is 9.99. The van der Waals surface area contributed by atoms with Crippen LogP contribution in [0.3, 0.4) is 0 Å². The lowest BCUT2D eigenvalue weighted by Crippen LogP contribution is -2.32. The summed E-state index contributed by atoms with van der Waals surface area (Å²) in [5.41, 5.74) is 0.701. The van der Waals surface area contributed by atoms with Gasteiger partial charge < -0.3 is 14.8 Å². The van der Waals surface area contributed by atoms with Gasteiger partial charge in [0.1, 0.15) is 0 Å². The van der Waals surface area contributed by atoms with Gasteiger partial charge in [0.15, 0.2) is 0 Å². The van der Waals surface area contributed by atoms with Crippen LogP contribution in [-0.4, -0.2) is 17.1 Å². The van der Waals surface area contributed by atoms with E-state index in [4.69, 9.17) is 9.52 Å². The van der Waals surface area contributed by atoms with Crippen LogP contribution in [0.5, 0.6) is 0 Å². The van der Waals surface area contributed by atoms with Crippen LogP contribution >= 0.6 is 0 Å². The Morgan fingerprint density at radius 1 is 1.56 bits per heavy atom. The molecule has 16 heavy (non-hydrogen) atoms. The summed E-state index contributed by atoms with van der Waals surface area (Å²) < 4.78 is 4.91. The Labute approximate surface area is 95.7 Å². The van der Waals surface area contributed by atoms with Crippen molar-refractivity contribution in [1.82, 2.24) is 5.32 Å². The van der Waals surface area contributed by atoms with Gasteiger partial charge in [-0.1, -0.05) is 20.8 Å². The van der Waals surface area contributed by atoms with E-state index < -0.39 is 5.97 Å². The maximum atomic E-state index is 10.8. The van der Waals surface area contributed by atoms with Gasteiger partial charge in [0.25, 0.3) is 0 Å². The fourth-order valence-corrected chi connectivity index (χ4v) is 1.76. The number of hydrogen-bond acceptors (Lipinski definition) is 3. The van der Waals surface area contributed by atoms with E-state index in [9.17, 15) is 4.79 Å². The van der Waals surface area contributed by atoms with Gasteiger partial charge >= 0.3 is 5.97 Å². The first-order chi connectivity index (χ1) is 7.56. The summed E-state index contributed by atoms with van der Waals surface area (Å²) in [7, 11) is 0. The van der Waals surface area contributed by atoms with Crippen molar-refractivity contribution < 1.29 is 14.3 Å². The topological polar surface area (TPSA) is 62.5 Å². The van der Waals surface area contributed by atoms with Crippen molar-refractivity contribution in [1.29, 1.82) is 0 Å². The highest BCUT2D eigenvalue weighted by Crippen LogP contribution is 2.12. The molecule has 0 radical (unpaired) electrons. The number of carbonyl (C=O) groups is 1. The molecular weight excluding hydrogens is 206 g/mol. The highest BCUT2D eigenvalue weighted by molar-refractivity contribution is 5.86. The van der Waals surface area contributed by atoms with Gasteiger partial charge in [-0.05, 0) is 18.4 Å². The van der Waals surface area contributed by atoms with Gasteiger partial charge in [-0.25, -0.2) is 4.79 Å². The maximum absolute atomic E-state index is 10.8. The number of carboxylic acid groups (broad SMARTS) is 1. The maximum Gasteiger partial charge on any atom is 0.372 e. The molecule has 1 atom stereocenters. The van der Waals surface area contributed by atoms with Crippen molar-refractivity contribution in [2.45, 2.75) is 39.8 Å². The molecule has 1 rings (SSSR count). The minimum absolute atomic E-state index is 0.0334. The van der Waals surface area contributed by atoms with Crippen molar-refractivity contribution in [3.8, 4) is 0 Å². The normalized spacial score (nSPS) is 13.0. The second-order valence-electron chi connectivity index (χ2n) is 4.22. The number of nitrogens with one attached hydrogen (secondary N) is 1. The third-order valence-corrected chi connectivity index (χ3v) is 2.74. The molecule has 1 aromatic rings. The average Bonchev–Trinajstić information content (AvgIpc) is 2.66. The lowest BCUT2D eigenvalue weighted by Gasteiger charge is -2.20. The lowest BCUT2D eigenvalue weighted by molar-refractivity contribution is 0.0660. The number of hydrogen-bond donors (Lipinski definition) is 2. The largest absolute Gasteiger partial charge is 0.475 e. The molecule has 4 heteroatoms. The first-order valence-electron chi connectivity index (χ1n) is 5.59. The summed E-state index contributed by atoms with van der Waals surface area (Å²) in [6.45, 7) is 6.95. The van der Waals surface area contributed by atoms with Crippen molar-refractivity contribution in [3.05, 3.63) is 23.7 Å². The molecule has 1 aromatic heterocycles. The van der Waals surface area contributed by atoms with Crippen LogP contribution in [0.4, 0.5) is 0 Å². The Bertz CT molecular complexity index is 344. The highest BCUT2D eigenvalue weighted by Gasteiger charge is 2.16. The van der Waals surface area contributed by atoms with Crippen LogP contribution in [-0.2, 0) is 6.54 Å². The van der Waals surface area contributed by atoms with E-state index >= 15 is 0 Å². The van der Waals surface area contributed by atoms with E-state index in [2.05, 4.69) is 26.1 Å². The van der Waals surface area contributed by atoms with Gasteiger partial charge in [0.2, 0.25) is 5.76 Å². The SMILES string of the molecule is CCC(NCc1ccoc1C(=O)O)C(C)C. The molecule has 0 saturated carbocycles. The first kappa shape index (κ1) is 12.8. The Balaban J connectivity index is 2.60. The Kier molecular flexibility index (Phi) is 4.55. The molecule has 0 saturated heterocycles. The Hall–Kier alpha value is -1.29. The molecule has 0 aliphatic carbocycles. The van der Waals surface area contributed by atoms with Gasteiger partial charge in [-0.15, -0.1) is 0 Å². The summed E-state index contributed by atoms with van der Waals surface area (Å²) in [6, 6.07) is 2.10. The van der Waals surface area contributed by atoms with Gasteiger partial charge in [0, 0.05) is 18.2 Å². The molecule has 0 aromatic carbocycles. The number of carboxylic acids is 1. The monoisotopic (exact) mass is 225 g/mol. The summed E-state index contributed by atoms with van der Waals surface area (Å²) in [5, 5.41) is 12.2. The van der Waals surface area contributed by atoms with Crippen molar-refractivity contribution in [3.63, 3.8) is 0 Å². The summed E-state index contributed by atoms with van der Waals surface area (Å²) >= 11 is 0. The molecular formula is C12H19NO3. The zero-order valence-corrected chi connectivity index (χ0v) is 9.99. The van der Waals surface area contributed by atoms with Crippen LogP contribution < -0.4 is 5.32 Å². The van der Waals surface area contributed by atoms with Crippen LogP contribution in [0.25, 0.3) is 0 Å². The van der Waals surface area contributed by atoms with Gasteiger partial charge in [0.05, 0.1) is 6.26 Å². The van der Waals surface area contributed by atoms with Crippen LogP contribution in [0.15, 0.2) is 16.7 Å². The number of aromatic carboxylic acids is 1. The third kappa shape index (κ3) is 3.10. The molecule has 0 aliphatic rings. The second-order valence-corrected chi connectivity index (χ2v) is 4.22. The molecule has 1 heterocycles. The minimum Gasteiger partial charge on any atom is -0.475 e. The van der Waals surface area contributed by atoms with Gasteiger partial charge in [-0.3, -0.25) is 0 Å². The number of rotatable bonds is 6. The van der Waals surface area contributed by atoms with E-state index in [1.165, 1.54) is 6.26 Å². The first-order valence-corrected chi connectivity index (χ1v) is 5.59. The van der Waals surface area contributed by atoms with Gasteiger partial charge in [-0.2, -0.15) is 0 Å². The van der Waals surface area contributed by atoms with E-state index in [-0.39, 0.29) is 5.76 Å². The molecule has 0 fully saturated rings. The van der Waals surface area contributed by atoms with Crippen LogP contribution in [0.2, 0.25) is 0 Å². The van der Waals surface area contributed by atoms with Crippen LogP contribution in [0, 0.1) is 5.92 Å². The molecule has 0 bridgehead atoms. The van der Waals surface area contributed by atoms with Crippen molar-refractivity contribution in [2.24, 2.45) is 5.92 Å². The molecule has 0 amide bonds. The van der Waals surface area contributed by atoms with E-state index in [1.807, 2.05) is 0 Å². The molecule has 0 spiro atoms. The summed E-state index contributed by atoms with van der Waals surface area (Å²) in [5.74, 6) is -0.448. The zero-order chi connectivity index (χ0) is 12.1. The molecule has 1 unspecified atom stereocenters. The highest BCUT2D eigenvalue weighted by atomic mass is 16.4. The lowest BCUT2D eigenvalue weighted by atomic mass is 10.0. The van der Waals surface area contributed by atoms with Crippen molar-refractivity contribution >= 4 is 5.97 Å². The standard InChI is InChI=1S/C12H19NO3/c1-4-10(8(2)3)13-7-9-5-6-16-11(9)12(14)15/h5-6,8,10,13H,4,7H2,1-3H3,(H,14,15). The van der Waals surface area contributed by atoms with E-state index in [0.29, 0.717) is 24.1 Å². The predicted octanol–water partition coefficient (Wildman–Crippen LogP) is 2.50. The summed E-state index contributed by atoms with van der Waals surface area (Å²) in [6.07, 6.45) is 2.44. The predicted molar refractivity (Wildman–Crippen MR) is 61.4 cm³/mol. The average molecular weight is 225 g/mol. The number of furan rings is 1. The summed E-state index contributed by atoms with van der Waals surface area (Å²) in [4.78, 5) is 10.8. The fraction of sp³-hybridized carbons (Fsp3) is 0.583. The van der Waals surface area contributed by atoms with Crippen molar-refractivity contribution in [2.75, 3.05) is 0 Å². The second kappa shape index (κ2) is 5.70. The molecule has 0 aliphatic heterocycles. The molecule has 4 nitrogen and oxygen atoms in total. The van der Waals surface area contributed by atoms with Crippen LogP contribution in [0.1, 0.15) is 43.3 Å². The van der Waals surface area contributed by atoms with E-state index in [0.717, 1.165) is 6.42 Å².